The number of ether oxygens (including phenoxy) is 3. The standard InChI is InChI=1S/C31H31ClN4O4S/c1-4-39-26-18-22(14-15-25(26)40-17-16-21-10-6-5-7-11-21)28-27(29(37)38-3)20(2)33-30-34-31(35-36(28)30)41-19-23-12-8-9-13-24(23)32/h5-15,18,28H,4,16-17,19H2,1-3H3,(H,33,34,35). The minimum absolute atomic E-state index is 0.438. The summed E-state index contributed by atoms with van der Waals surface area (Å²) in [6.45, 7) is 4.72. The number of aromatic nitrogens is 3. The van der Waals surface area contributed by atoms with Gasteiger partial charge in [0.25, 0.3) is 0 Å². The van der Waals surface area contributed by atoms with Crippen molar-refractivity contribution >= 4 is 35.3 Å². The van der Waals surface area contributed by atoms with Gasteiger partial charge in [0.1, 0.15) is 6.04 Å². The number of fused-ring (bicyclic) bond motifs is 1. The van der Waals surface area contributed by atoms with Crippen molar-refractivity contribution in [3.63, 3.8) is 0 Å². The third-order valence-electron chi connectivity index (χ3n) is 6.63. The molecule has 2 heterocycles. The number of allylic oxidation sites excluding steroid dienone is 1. The Kier molecular flexibility index (Phi) is 9.16. The maximum absolute atomic E-state index is 13.0. The number of methoxy groups -OCH3 is 1. The highest BCUT2D eigenvalue weighted by Gasteiger charge is 2.35. The van der Waals surface area contributed by atoms with Gasteiger partial charge in [0.15, 0.2) is 11.5 Å². The SMILES string of the molecule is CCOc1cc(C2C(C(=O)OC)=C(C)Nc3nc(SCc4ccccc4Cl)nn32)ccc1OCCc1ccccc1. The van der Waals surface area contributed by atoms with Gasteiger partial charge in [0, 0.05) is 22.9 Å². The van der Waals surface area contributed by atoms with Crippen LogP contribution in [0.4, 0.5) is 5.95 Å². The summed E-state index contributed by atoms with van der Waals surface area (Å²) in [7, 11) is 1.37. The summed E-state index contributed by atoms with van der Waals surface area (Å²) >= 11 is 7.82. The van der Waals surface area contributed by atoms with Crippen LogP contribution in [0.1, 0.15) is 36.6 Å². The summed E-state index contributed by atoms with van der Waals surface area (Å²) in [6.07, 6.45) is 0.772. The lowest BCUT2D eigenvalue weighted by atomic mass is 9.95. The molecule has 0 spiro atoms. The van der Waals surface area contributed by atoms with E-state index in [4.69, 9.17) is 35.9 Å². The van der Waals surface area contributed by atoms with Gasteiger partial charge < -0.3 is 19.5 Å². The average Bonchev–Trinajstić information content (AvgIpc) is 3.39. The van der Waals surface area contributed by atoms with Crippen molar-refractivity contribution in [1.82, 2.24) is 14.8 Å². The maximum atomic E-state index is 13.0. The van der Waals surface area contributed by atoms with Gasteiger partial charge in [0.2, 0.25) is 11.1 Å². The molecule has 10 heteroatoms. The van der Waals surface area contributed by atoms with Crippen molar-refractivity contribution in [2.24, 2.45) is 0 Å². The molecule has 1 N–H and O–H groups in total. The fourth-order valence-electron chi connectivity index (χ4n) is 4.64. The third-order valence-corrected chi connectivity index (χ3v) is 7.88. The number of thioether (sulfide) groups is 1. The Labute approximate surface area is 248 Å². The largest absolute Gasteiger partial charge is 0.490 e. The van der Waals surface area contributed by atoms with Crippen molar-refractivity contribution in [1.29, 1.82) is 0 Å². The Bertz CT molecular complexity index is 1560. The number of rotatable bonds is 11. The number of carbonyl (C=O) groups is 1. The molecule has 3 aromatic carbocycles. The Morgan fingerprint density at radius 1 is 1.05 bits per heavy atom. The van der Waals surface area contributed by atoms with E-state index in [0.29, 0.717) is 57.9 Å². The number of nitrogens with one attached hydrogen (secondary N) is 1. The highest BCUT2D eigenvalue weighted by Crippen LogP contribution is 2.40. The van der Waals surface area contributed by atoms with Crippen molar-refractivity contribution in [3.8, 4) is 11.5 Å². The summed E-state index contributed by atoms with van der Waals surface area (Å²) in [6, 6.07) is 23.0. The molecule has 0 bridgehead atoms. The van der Waals surface area contributed by atoms with Crippen LogP contribution in [-0.4, -0.2) is 41.1 Å². The summed E-state index contributed by atoms with van der Waals surface area (Å²) in [5.74, 6) is 1.91. The van der Waals surface area contributed by atoms with Gasteiger partial charge in [-0.25, -0.2) is 9.48 Å². The van der Waals surface area contributed by atoms with E-state index in [-0.39, 0.29) is 0 Å². The maximum Gasteiger partial charge on any atom is 0.338 e. The number of halogens is 1. The molecule has 1 aromatic heterocycles. The molecule has 1 aliphatic heterocycles. The van der Waals surface area contributed by atoms with Crippen LogP contribution in [0, 0.1) is 0 Å². The Morgan fingerprint density at radius 2 is 1.83 bits per heavy atom. The van der Waals surface area contributed by atoms with E-state index in [1.165, 1.54) is 24.4 Å². The molecule has 4 aromatic rings. The first-order valence-electron chi connectivity index (χ1n) is 13.3. The van der Waals surface area contributed by atoms with E-state index in [2.05, 4.69) is 17.4 Å². The molecule has 0 aliphatic carbocycles. The molecule has 0 radical (unpaired) electrons. The molecule has 1 unspecified atom stereocenters. The van der Waals surface area contributed by atoms with E-state index < -0.39 is 12.0 Å². The van der Waals surface area contributed by atoms with Crippen LogP contribution in [0.2, 0.25) is 5.02 Å². The van der Waals surface area contributed by atoms with Gasteiger partial charge in [-0.3, -0.25) is 0 Å². The summed E-state index contributed by atoms with van der Waals surface area (Å²) < 4.78 is 19.0. The molecule has 1 atom stereocenters. The smallest absolute Gasteiger partial charge is 0.338 e. The van der Waals surface area contributed by atoms with Crippen molar-refractivity contribution in [3.05, 3.63) is 106 Å². The molecule has 5 rings (SSSR count). The summed E-state index contributed by atoms with van der Waals surface area (Å²) in [5.41, 5.74) is 4.06. The van der Waals surface area contributed by atoms with Crippen LogP contribution in [0.15, 0.2) is 89.2 Å². The Balaban J connectivity index is 1.45. The highest BCUT2D eigenvalue weighted by atomic mass is 35.5. The number of hydrogen-bond acceptors (Lipinski definition) is 8. The topological polar surface area (TPSA) is 87.5 Å². The van der Waals surface area contributed by atoms with Crippen LogP contribution in [0.25, 0.3) is 0 Å². The molecular weight excluding hydrogens is 560 g/mol. The first kappa shape index (κ1) is 28.6. The van der Waals surface area contributed by atoms with Crippen LogP contribution < -0.4 is 14.8 Å². The highest BCUT2D eigenvalue weighted by molar-refractivity contribution is 7.98. The first-order valence-corrected chi connectivity index (χ1v) is 14.7. The first-order chi connectivity index (χ1) is 20.0. The normalized spacial score (nSPS) is 14.3. The average molecular weight is 591 g/mol. The van der Waals surface area contributed by atoms with E-state index in [9.17, 15) is 4.79 Å². The molecule has 0 fully saturated rings. The van der Waals surface area contributed by atoms with Crippen LogP contribution >= 0.6 is 23.4 Å². The molecule has 0 saturated carbocycles. The van der Waals surface area contributed by atoms with Crippen LogP contribution in [0.3, 0.4) is 0 Å². The third kappa shape index (κ3) is 6.52. The van der Waals surface area contributed by atoms with Crippen molar-refractivity contribution in [2.75, 3.05) is 25.6 Å². The molecule has 212 valence electrons. The minimum Gasteiger partial charge on any atom is -0.490 e. The summed E-state index contributed by atoms with van der Waals surface area (Å²) in [4.78, 5) is 17.7. The Hall–Kier alpha value is -3.95. The number of esters is 1. The minimum atomic E-state index is -0.585. The van der Waals surface area contributed by atoms with Crippen LogP contribution in [0.5, 0.6) is 11.5 Å². The number of anilines is 1. The fourth-order valence-corrected chi connectivity index (χ4v) is 5.75. The molecule has 41 heavy (non-hydrogen) atoms. The predicted octanol–water partition coefficient (Wildman–Crippen LogP) is 6.71. The second-order valence-corrected chi connectivity index (χ2v) is 10.7. The van der Waals surface area contributed by atoms with Gasteiger partial charge in [-0.1, -0.05) is 78.0 Å². The van der Waals surface area contributed by atoms with E-state index >= 15 is 0 Å². The van der Waals surface area contributed by atoms with Crippen molar-refractivity contribution in [2.45, 2.75) is 37.2 Å². The lowest BCUT2D eigenvalue weighted by Crippen LogP contribution is -2.29. The second-order valence-electron chi connectivity index (χ2n) is 9.32. The zero-order valence-electron chi connectivity index (χ0n) is 23.1. The fraction of sp³-hybridized carbons (Fsp3) is 0.258. The van der Waals surface area contributed by atoms with Gasteiger partial charge in [0.05, 0.1) is 25.9 Å². The van der Waals surface area contributed by atoms with Crippen molar-refractivity contribution < 1.29 is 19.0 Å². The van der Waals surface area contributed by atoms with Crippen LogP contribution in [-0.2, 0) is 21.7 Å². The van der Waals surface area contributed by atoms with Gasteiger partial charge in [-0.05, 0) is 48.7 Å². The molecule has 0 saturated heterocycles. The zero-order valence-corrected chi connectivity index (χ0v) is 24.7. The number of benzene rings is 3. The van der Waals surface area contributed by atoms with Gasteiger partial charge in [-0.15, -0.1) is 5.10 Å². The molecule has 1 aliphatic rings. The molecular formula is C31H31ClN4O4S. The lowest BCUT2D eigenvalue weighted by Gasteiger charge is -2.28. The quantitative estimate of drug-likeness (QED) is 0.152. The number of carbonyl (C=O) groups excluding carboxylic acids is 1. The van der Waals surface area contributed by atoms with E-state index in [0.717, 1.165) is 17.5 Å². The van der Waals surface area contributed by atoms with Gasteiger partial charge in [-0.2, -0.15) is 4.98 Å². The summed E-state index contributed by atoms with van der Waals surface area (Å²) in [5, 5.41) is 9.26. The monoisotopic (exact) mass is 590 g/mol. The number of nitrogens with zero attached hydrogens (tertiary/aromatic N) is 3. The lowest BCUT2D eigenvalue weighted by molar-refractivity contribution is -0.136. The predicted molar refractivity (Wildman–Crippen MR) is 161 cm³/mol. The second kappa shape index (κ2) is 13.1. The Morgan fingerprint density at radius 3 is 2.59 bits per heavy atom. The molecule has 8 nitrogen and oxygen atoms in total. The van der Waals surface area contributed by atoms with E-state index in [1.54, 1.807) is 4.68 Å². The zero-order chi connectivity index (χ0) is 28.8. The number of hydrogen-bond donors (Lipinski definition) is 1. The molecule has 0 amide bonds. The van der Waals surface area contributed by atoms with E-state index in [1.807, 2.05) is 74.5 Å². The van der Waals surface area contributed by atoms with Gasteiger partial charge >= 0.3 is 5.97 Å².